The van der Waals surface area contributed by atoms with Crippen molar-refractivity contribution in [3.8, 4) is 33.8 Å². The van der Waals surface area contributed by atoms with Crippen molar-refractivity contribution in [2.45, 2.75) is 53.4 Å². The zero-order chi connectivity index (χ0) is 64.8. The molecule has 20 nitrogen and oxygen atoms in total. The Labute approximate surface area is 565 Å². The van der Waals surface area contributed by atoms with Crippen molar-refractivity contribution in [3.05, 3.63) is 165 Å². The van der Waals surface area contributed by atoms with Gasteiger partial charge in [0.1, 0.15) is 5.82 Å². The molecule has 0 saturated carbocycles. The van der Waals surface area contributed by atoms with Gasteiger partial charge < -0.3 is 51.9 Å². The van der Waals surface area contributed by atoms with Gasteiger partial charge in [-0.3, -0.25) is 14.8 Å². The van der Waals surface area contributed by atoms with Crippen LogP contribution in [-0.2, 0) is 30.5 Å². The molecule has 3 aromatic carbocycles. The van der Waals surface area contributed by atoms with E-state index >= 15 is 0 Å². The summed E-state index contributed by atoms with van der Waals surface area (Å²) in [6.45, 7) is 12.6. The lowest BCUT2D eigenvalue weighted by Gasteiger charge is -2.34. The highest BCUT2D eigenvalue weighted by molar-refractivity contribution is 7.81. The molecule has 0 spiro atoms. The van der Waals surface area contributed by atoms with Crippen molar-refractivity contribution in [3.63, 3.8) is 0 Å². The highest BCUT2D eigenvalue weighted by Crippen LogP contribution is 2.39. The third-order valence-electron chi connectivity index (χ3n) is 15.2. The van der Waals surface area contributed by atoms with Gasteiger partial charge in [-0.25, -0.2) is 34.9 Å². The molecule has 470 valence electrons. The van der Waals surface area contributed by atoms with Crippen molar-refractivity contribution < 1.29 is 4.79 Å². The van der Waals surface area contributed by atoms with Crippen LogP contribution in [0.15, 0.2) is 122 Å². The first-order chi connectivity index (χ1) is 44.1. The predicted octanol–water partition coefficient (Wildman–Crippen LogP) is 13.8. The number of thiocarbonyl (C=S) groups is 3. The number of pyridine rings is 3. The van der Waals surface area contributed by atoms with Crippen LogP contribution in [0.25, 0.3) is 33.8 Å². The molecule has 4 aliphatic rings. The van der Waals surface area contributed by atoms with E-state index in [4.69, 9.17) is 86.4 Å². The number of likely N-dealkylation sites (N-methyl/N-ethyl adjacent to an activating group) is 2. The third-order valence-corrected chi connectivity index (χ3v) is 16.7. The number of halogens is 3. The van der Waals surface area contributed by atoms with Gasteiger partial charge in [-0.2, -0.15) is 0 Å². The summed E-state index contributed by atoms with van der Waals surface area (Å²) in [5.74, 6) is 1.86. The average Bonchev–Trinajstić information content (AvgIpc) is 1.57. The molecule has 4 aliphatic heterocycles. The molecule has 0 aliphatic carbocycles. The number of benzene rings is 3. The summed E-state index contributed by atoms with van der Waals surface area (Å²) < 4.78 is 0. The van der Waals surface area contributed by atoms with Crippen LogP contribution in [0.2, 0.25) is 15.1 Å². The summed E-state index contributed by atoms with van der Waals surface area (Å²) >= 11 is 34.9. The summed E-state index contributed by atoms with van der Waals surface area (Å²) in [7, 11) is 6.27. The number of carbonyl (C=O) groups excluding carboxylic acids is 1. The summed E-state index contributed by atoms with van der Waals surface area (Å²) in [5, 5.41) is 24.3. The highest BCUT2D eigenvalue weighted by Gasteiger charge is 2.25. The van der Waals surface area contributed by atoms with Crippen molar-refractivity contribution in [2.75, 3.05) is 96.0 Å². The van der Waals surface area contributed by atoms with Gasteiger partial charge in [0, 0.05) is 148 Å². The van der Waals surface area contributed by atoms with E-state index in [0.29, 0.717) is 68.7 Å². The first-order valence-corrected chi connectivity index (χ1v) is 31.9. The predicted molar refractivity (Wildman–Crippen MR) is 385 cm³/mol. The second-order valence-corrected chi connectivity index (χ2v) is 26.5. The Morgan fingerprint density at radius 1 is 0.576 bits per heavy atom. The summed E-state index contributed by atoms with van der Waals surface area (Å²) in [5.41, 5.74) is 15.9. The number of carbonyl (C=O) groups is 1. The van der Waals surface area contributed by atoms with E-state index in [1.54, 1.807) is 24.7 Å². The smallest absolute Gasteiger partial charge is 0.230 e. The maximum Gasteiger partial charge on any atom is 0.230 e. The summed E-state index contributed by atoms with van der Waals surface area (Å²) in [4.78, 5) is 62.1. The molecule has 1 amide bonds. The second kappa shape index (κ2) is 28.6. The van der Waals surface area contributed by atoms with Crippen LogP contribution < -0.4 is 42.1 Å². The van der Waals surface area contributed by atoms with Crippen molar-refractivity contribution >= 4 is 156 Å². The molecule has 1 fully saturated rings. The van der Waals surface area contributed by atoms with E-state index in [9.17, 15) is 4.79 Å². The van der Waals surface area contributed by atoms with Crippen molar-refractivity contribution in [1.82, 2.24) is 54.7 Å². The molecule has 6 aromatic heterocycles. The molecule has 92 heavy (non-hydrogen) atoms. The Balaban J connectivity index is 0.000000142. The van der Waals surface area contributed by atoms with Crippen LogP contribution in [0.1, 0.15) is 48.7 Å². The lowest BCUT2D eigenvalue weighted by Crippen LogP contribution is -2.44. The van der Waals surface area contributed by atoms with Crippen LogP contribution in [-0.4, -0.2) is 129 Å². The SMILES string of the molecule is CC(C)(C)C(=O)Nc1ccc(Nc2ncc3c(n2)-c2ccc(Cl)cc2NC(=S)C3)cn1.CN(C)CCc1cncc(Nc2ncc3c(n2)-c2ccc(Cl)cc2NC(=S)C3)c1.Cc1ncc(N2CCN(C)CC2)cc1Nc1ncc2c(n1)-c1ccc(Cl)cc1NC(=S)C2. The number of rotatable bonds is 11. The lowest BCUT2D eigenvalue weighted by atomic mass is 9.96. The van der Waals surface area contributed by atoms with Gasteiger partial charge in [0.05, 0.1) is 79.1 Å². The monoisotopic (exact) mass is 1340 g/mol. The lowest BCUT2D eigenvalue weighted by molar-refractivity contribution is -0.123. The third kappa shape index (κ3) is 16.4. The molecular weight excluding hydrogens is 1280 g/mol. The zero-order valence-corrected chi connectivity index (χ0v) is 56.3. The normalized spacial score (nSPS) is 13.9. The second-order valence-electron chi connectivity index (χ2n) is 23.7. The van der Waals surface area contributed by atoms with E-state index in [-0.39, 0.29) is 5.91 Å². The number of amides is 1. The maximum atomic E-state index is 12.1. The van der Waals surface area contributed by atoms with E-state index in [1.165, 1.54) is 0 Å². The molecule has 0 unspecified atom stereocenters. The Bertz CT molecular complexity index is 4300. The van der Waals surface area contributed by atoms with Crippen molar-refractivity contribution in [1.29, 1.82) is 0 Å². The van der Waals surface area contributed by atoms with Gasteiger partial charge in [0.2, 0.25) is 23.8 Å². The van der Waals surface area contributed by atoms with E-state index in [1.807, 2.05) is 113 Å². The van der Waals surface area contributed by atoms with Crippen LogP contribution in [0.5, 0.6) is 0 Å². The molecule has 0 atom stereocenters. The fourth-order valence-electron chi connectivity index (χ4n) is 10.2. The van der Waals surface area contributed by atoms with E-state index in [0.717, 1.165) is 145 Å². The topological polar surface area (TPSA) is 227 Å². The standard InChI is InChI=1S/C23H24ClN7S.C22H21ClN6OS.C21H21ClN6S/c1-14-19(11-17(13-25-14)31-7-5-30(2)6-8-31)28-23-26-12-15-9-21(32)27-20-10-16(24)3-4-18(20)22(15)29-23;1-22(2,3)20(30)28-17-7-5-14(11-24-17)26-21-25-10-12-8-18(31)27-16-9-13(23)4-6-15(16)19(12)29-21;1-28(2)6-5-13-7-16(12-23-10-13)25-21-24-11-14-8-19(29)26-18-9-15(22)3-4-17(18)20(14)27-21/h3-4,10-13H,5-9H2,1-2H3,(H,27,32)(H,26,28,29);4-7,9-11H,8H2,1-3H3,(H,27,31)(H,24,28,30)(H,25,26,29);3-4,7,9-12H,5-6,8H2,1-2H3,(H,26,29)(H,24,25,27). The van der Waals surface area contributed by atoms with Crippen LogP contribution in [0.4, 0.5) is 63.5 Å². The fraction of sp³-hybridized carbons (Fsp3) is 0.258. The average molecular weight is 1340 g/mol. The minimum Gasteiger partial charge on any atom is -0.368 e. The number of nitrogens with one attached hydrogen (secondary N) is 7. The van der Waals surface area contributed by atoms with E-state index < -0.39 is 5.41 Å². The van der Waals surface area contributed by atoms with Crippen LogP contribution in [0, 0.1) is 12.3 Å². The number of nitrogens with zero attached hydrogens (tertiary/aromatic N) is 12. The Hall–Kier alpha value is -8.52. The zero-order valence-electron chi connectivity index (χ0n) is 51.5. The van der Waals surface area contributed by atoms with Gasteiger partial charge in [-0.15, -0.1) is 0 Å². The van der Waals surface area contributed by atoms with Gasteiger partial charge in [-0.05, 0) is 119 Å². The van der Waals surface area contributed by atoms with Crippen LogP contribution >= 0.6 is 71.5 Å². The summed E-state index contributed by atoms with van der Waals surface area (Å²) in [6.07, 6.45) is 15.3. The number of hydrogen-bond donors (Lipinski definition) is 7. The molecule has 7 N–H and O–H groups in total. The molecule has 0 bridgehead atoms. The molecule has 10 heterocycles. The highest BCUT2D eigenvalue weighted by atomic mass is 35.5. The van der Waals surface area contributed by atoms with Gasteiger partial charge in [-0.1, -0.05) is 92.2 Å². The van der Waals surface area contributed by atoms with Gasteiger partial charge >= 0.3 is 0 Å². The number of anilines is 11. The number of aromatic nitrogens is 9. The molecule has 0 radical (unpaired) electrons. The number of aryl methyl sites for hydroxylation is 1. The molecule has 26 heteroatoms. The first-order valence-electron chi connectivity index (χ1n) is 29.6. The Kier molecular flexibility index (Phi) is 20.2. The van der Waals surface area contributed by atoms with Crippen LogP contribution in [0.3, 0.4) is 0 Å². The summed E-state index contributed by atoms with van der Waals surface area (Å²) in [6, 6.07) is 24.7. The van der Waals surface area contributed by atoms with E-state index in [2.05, 4.69) is 115 Å². The van der Waals surface area contributed by atoms with Gasteiger partial charge in [0.25, 0.3) is 0 Å². The number of hydrogen-bond acceptors (Lipinski definition) is 19. The fourth-order valence-corrected chi connectivity index (χ4v) is 11.5. The largest absolute Gasteiger partial charge is 0.368 e. The minimum absolute atomic E-state index is 0.0971. The molecular formula is C66H66Cl3N19OS3. The minimum atomic E-state index is -0.494. The number of fused-ring (bicyclic) bond motifs is 9. The van der Waals surface area contributed by atoms with Gasteiger partial charge in [0.15, 0.2) is 0 Å². The first kappa shape index (κ1) is 65.0. The number of piperazine rings is 1. The molecule has 1 saturated heterocycles. The quantitative estimate of drug-likeness (QED) is 0.0598. The van der Waals surface area contributed by atoms with Crippen molar-refractivity contribution in [2.24, 2.45) is 5.41 Å². The maximum absolute atomic E-state index is 12.1. The Morgan fingerprint density at radius 3 is 1.53 bits per heavy atom. The molecule has 13 rings (SSSR count). The molecule has 9 aromatic rings. The Morgan fingerprint density at radius 2 is 1.07 bits per heavy atom.